The van der Waals surface area contributed by atoms with Crippen molar-refractivity contribution in [2.24, 2.45) is 5.92 Å². The molecule has 0 amide bonds. The first kappa shape index (κ1) is 13.7. The quantitative estimate of drug-likeness (QED) is 0.868. The molecule has 4 rings (SSSR count). The van der Waals surface area contributed by atoms with Gasteiger partial charge in [-0.05, 0) is 37.8 Å². The zero-order chi connectivity index (χ0) is 14.9. The van der Waals surface area contributed by atoms with Crippen molar-refractivity contribution >= 4 is 5.82 Å². The van der Waals surface area contributed by atoms with Crippen molar-refractivity contribution in [3.63, 3.8) is 0 Å². The van der Waals surface area contributed by atoms with Gasteiger partial charge in [0.2, 0.25) is 0 Å². The van der Waals surface area contributed by atoms with Crippen molar-refractivity contribution in [1.82, 2.24) is 25.7 Å². The third kappa shape index (κ3) is 2.59. The second-order valence-corrected chi connectivity index (χ2v) is 6.45. The summed E-state index contributed by atoms with van der Waals surface area (Å²) in [6.45, 7) is 6.13. The fraction of sp³-hybridized carbons (Fsp3) is 0.562. The summed E-state index contributed by atoms with van der Waals surface area (Å²) in [4.78, 5) is 2.33. The average molecular weight is 298 g/mol. The SMILES string of the molecule is Cc1[nH]ncc1CNCC1CN(c2cc3c(nn2)CCC3)C1. The molecule has 2 aliphatic rings. The molecule has 1 fully saturated rings. The molecule has 2 N–H and O–H groups in total. The van der Waals surface area contributed by atoms with E-state index in [9.17, 15) is 0 Å². The fourth-order valence-electron chi connectivity index (χ4n) is 3.32. The van der Waals surface area contributed by atoms with Crippen LogP contribution >= 0.6 is 0 Å². The van der Waals surface area contributed by atoms with Crippen LogP contribution in [0.4, 0.5) is 5.82 Å². The molecule has 1 aliphatic carbocycles. The Balaban J connectivity index is 1.25. The van der Waals surface area contributed by atoms with Gasteiger partial charge in [-0.1, -0.05) is 0 Å². The second-order valence-electron chi connectivity index (χ2n) is 6.45. The molecule has 0 spiro atoms. The summed E-state index contributed by atoms with van der Waals surface area (Å²) >= 11 is 0. The molecular weight excluding hydrogens is 276 g/mol. The molecule has 0 atom stereocenters. The van der Waals surface area contributed by atoms with Gasteiger partial charge >= 0.3 is 0 Å². The van der Waals surface area contributed by atoms with Crippen LogP contribution in [0.3, 0.4) is 0 Å². The summed E-state index contributed by atoms with van der Waals surface area (Å²) in [6, 6.07) is 2.24. The van der Waals surface area contributed by atoms with E-state index in [-0.39, 0.29) is 0 Å². The van der Waals surface area contributed by atoms with E-state index in [4.69, 9.17) is 0 Å². The Bertz CT molecular complexity index is 658. The van der Waals surface area contributed by atoms with Crippen molar-refractivity contribution in [3.05, 3.63) is 34.8 Å². The molecule has 1 saturated heterocycles. The molecule has 3 heterocycles. The van der Waals surface area contributed by atoms with Crippen molar-refractivity contribution < 1.29 is 0 Å². The molecule has 0 aromatic carbocycles. The predicted octanol–water partition coefficient (Wildman–Crippen LogP) is 1.22. The topological polar surface area (TPSA) is 69.7 Å². The Hall–Kier alpha value is -1.95. The molecule has 22 heavy (non-hydrogen) atoms. The third-order valence-corrected chi connectivity index (χ3v) is 4.77. The van der Waals surface area contributed by atoms with E-state index >= 15 is 0 Å². The fourth-order valence-corrected chi connectivity index (χ4v) is 3.32. The minimum absolute atomic E-state index is 0.697. The maximum Gasteiger partial charge on any atom is 0.151 e. The maximum atomic E-state index is 4.38. The summed E-state index contributed by atoms with van der Waals surface area (Å²) in [7, 11) is 0. The highest BCUT2D eigenvalue weighted by Gasteiger charge is 2.28. The molecule has 0 unspecified atom stereocenters. The van der Waals surface area contributed by atoms with Crippen LogP contribution in [0.5, 0.6) is 0 Å². The van der Waals surface area contributed by atoms with Gasteiger partial charge in [0, 0.05) is 43.4 Å². The van der Waals surface area contributed by atoms with Gasteiger partial charge in [0.05, 0.1) is 11.9 Å². The molecule has 0 bridgehead atoms. The van der Waals surface area contributed by atoms with Crippen LogP contribution < -0.4 is 10.2 Å². The largest absolute Gasteiger partial charge is 0.354 e. The summed E-state index contributed by atoms with van der Waals surface area (Å²) in [5, 5.41) is 19.3. The van der Waals surface area contributed by atoms with E-state index in [1.165, 1.54) is 29.7 Å². The summed E-state index contributed by atoms with van der Waals surface area (Å²) < 4.78 is 0. The van der Waals surface area contributed by atoms with Crippen LogP contribution in [0.15, 0.2) is 12.3 Å². The Morgan fingerprint density at radius 1 is 1.32 bits per heavy atom. The number of nitrogens with one attached hydrogen (secondary N) is 2. The highest BCUT2D eigenvalue weighted by atomic mass is 15.3. The number of fused-ring (bicyclic) bond motifs is 1. The van der Waals surface area contributed by atoms with E-state index in [1.807, 2.05) is 6.20 Å². The molecule has 2 aromatic rings. The monoisotopic (exact) mass is 298 g/mol. The zero-order valence-corrected chi connectivity index (χ0v) is 13.0. The van der Waals surface area contributed by atoms with Crippen molar-refractivity contribution in [1.29, 1.82) is 0 Å². The molecule has 6 nitrogen and oxygen atoms in total. The minimum atomic E-state index is 0.697. The Kier molecular flexibility index (Phi) is 3.54. The Morgan fingerprint density at radius 2 is 2.23 bits per heavy atom. The minimum Gasteiger partial charge on any atom is -0.354 e. The van der Waals surface area contributed by atoms with Gasteiger partial charge in [-0.15, -0.1) is 5.10 Å². The second kappa shape index (κ2) is 5.68. The molecule has 0 radical (unpaired) electrons. The number of hydrogen-bond acceptors (Lipinski definition) is 5. The van der Waals surface area contributed by atoms with Crippen LogP contribution in [-0.4, -0.2) is 40.0 Å². The molecule has 6 heteroatoms. The first-order valence-corrected chi connectivity index (χ1v) is 8.09. The Labute approximate surface area is 130 Å². The summed E-state index contributed by atoms with van der Waals surface area (Å²) in [5.41, 5.74) is 5.01. The van der Waals surface area contributed by atoms with Crippen molar-refractivity contribution in [3.8, 4) is 0 Å². The average Bonchev–Trinajstić information content (AvgIpc) is 3.09. The number of nitrogens with zero attached hydrogens (tertiary/aromatic N) is 4. The first-order chi connectivity index (χ1) is 10.8. The lowest BCUT2D eigenvalue weighted by molar-refractivity contribution is 0.381. The van der Waals surface area contributed by atoms with Crippen LogP contribution in [0.1, 0.15) is 28.9 Å². The summed E-state index contributed by atoms with van der Waals surface area (Å²) in [5.74, 6) is 1.75. The van der Waals surface area contributed by atoms with Gasteiger partial charge in [-0.3, -0.25) is 5.10 Å². The highest BCUT2D eigenvalue weighted by Crippen LogP contribution is 2.26. The number of aromatic amines is 1. The number of aromatic nitrogens is 4. The molecule has 116 valence electrons. The van der Waals surface area contributed by atoms with Crippen molar-refractivity contribution in [2.75, 3.05) is 24.5 Å². The van der Waals surface area contributed by atoms with Crippen LogP contribution in [-0.2, 0) is 19.4 Å². The predicted molar refractivity (Wildman–Crippen MR) is 84.8 cm³/mol. The van der Waals surface area contributed by atoms with Gasteiger partial charge < -0.3 is 10.2 Å². The normalized spacial score (nSPS) is 17.6. The lowest BCUT2D eigenvalue weighted by atomic mass is 10.00. The van der Waals surface area contributed by atoms with Crippen LogP contribution in [0.2, 0.25) is 0 Å². The first-order valence-electron chi connectivity index (χ1n) is 8.09. The van der Waals surface area contributed by atoms with Gasteiger partial charge in [0.25, 0.3) is 0 Å². The maximum absolute atomic E-state index is 4.38. The standard InChI is InChI=1S/C16H22N6/c1-11-14(8-18-19-11)7-17-6-12-9-22(10-12)16-5-13-3-2-4-15(13)20-21-16/h5,8,12,17H,2-4,6-7,9-10H2,1H3,(H,18,19). The number of anilines is 1. The van der Waals surface area contributed by atoms with Gasteiger partial charge in [0.15, 0.2) is 5.82 Å². The van der Waals surface area contributed by atoms with Crippen molar-refractivity contribution in [2.45, 2.75) is 32.7 Å². The Morgan fingerprint density at radius 3 is 3.05 bits per heavy atom. The van der Waals surface area contributed by atoms with E-state index < -0.39 is 0 Å². The number of aryl methyl sites for hydroxylation is 3. The van der Waals surface area contributed by atoms with E-state index in [0.29, 0.717) is 5.92 Å². The molecular formula is C16H22N6. The van der Waals surface area contributed by atoms with E-state index in [0.717, 1.165) is 44.1 Å². The van der Waals surface area contributed by atoms with Gasteiger partial charge in [0.1, 0.15) is 0 Å². The van der Waals surface area contributed by atoms with Crippen LogP contribution in [0.25, 0.3) is 0 Å². The lowest BCUT2D eigenvalue weighted by Gasteiger charge is -2.40. The number of hydrogen-bond donors (Lipinski definition) is 2. The molecule has 1 aliphatic heterocycles. The summed E-state index contributed by atoms with van der Waals surface area (Å²) in [6.07, 6.45) is 5.40. The van der Waals surface area contributed by atoms with Gasteiger partial charge in [-0.2, -0.15) is 10.2 Å². The van der Waals surface area contributed by atoms with E-state index in [2.05, 4.69) is 43.6 Å². The molecule has 0 saturated carbocycles. The number of rotatable bonds is 5. The lowest BCUT2D eigenvalue weighted by Crippen LogP contribution is -2.51. The number of H-pyrrole nitrogens is 1. The van der Waals surface area contributed by atoms with E-state index in [1.54, 1.807) is 0 Å². The highest BCUT2D eigenvalue weighted by molar-refractivity contribution is 5.45. The smallest absolute Gasteiger partial charge is 0.151 e. The zero-order valence-electron chi connectivity index (χ0n) is 13.0. The third-order valence-electron chi connectivity index (χ3n) is 4.77. The van der Waals surface area contributed by atoms with Gasteiger partial charge in [-0.25, -0.2) is 0 Å². The van der Waals surface area contributed by atoms with Crippen LogP contribution in [0, 0.1) is 12.8 Å². The molecule has 2 aromatic heterocycles.